The van der Waals surface area contributed by atoms with Crippen molar-refractivity contribution in [1.82, 2.24) is 0 Å². The number of nitrogens with zero attached hydrogens (tertiary/aromatic N) is 1. The van der Waals surface area contributed by atoms with Gasteiger partial charge in [0.15, 0.2) is 0 Å². The van der Waals surface area contributed by atoms with Gasteiger partial charge in [0.05, 0.1) is 35.5 Å². The van der Waals surface area contributed by atoms with Gasteiger partial charge in [-0.2, -0.15) is 0 Å². The molecule has 2 unspecified atom stereocenters. The molecule has 210 valence electrons. The summed E-state index contributed by atoms with van der Waals surface area (Å²) in [6.45, 7) is 3.18. The molecule has 2 aliphatic rings. The first-order valence-corrected chi connectivity index (χ1v) is 15.2. The lowest BCUT2D eigenvalue weighted by Crippen LogP contribution is -3.00. The highest BCUT2D eigenvalue weighted by atomic mass is 79.9. The third-order valence-corrected chi connectivity index (χ3v) is 10.3. The second-order valence-electron chi connectivity index (χ2n) is 10.7. The second-order valence-corrected chi connectivity index (χ2v) is 12.6. The normalized spacial score (nSPS) is 24.1. The van der Waals surface area contributed by atoms with Gasteiger partial charge in [-0.15, -0.1) is 22.7 Å². The number of carbonyl (C=O) groups excluding carboxylic acids is 2. The molecule has 0 radical (unpaired) electrons. The molecular weight excluding hydrogens is 598 g/mol. The number of hydrogen-bond acceptors (Lipinski definition) is 7. The van der Waals surface area contributed by atoms with E-state index in [1.165, 1.54) is 28.2 Å². The zero-order valence-corrected chi connectivity index (χ0v) is 25.6. The summed E-state index contributed by atoms with van der Waals surface area (Å²) < 4.78 is 12.1. The summed E-state index contributed by atoms with van der Waals surface area (Å²) in [4.78, 5) is 26.3. The van der Waals surface area contributed by atoms with Crippen molar-refractivity contribution >= 4 is 34.6 Å². The molecule has 2 bridgehead atoms. The monoisotopic (exact) mass is 633 g/mol. The maximum absolute atomic E-state index is 13.5. The standard InChI is InChI=1S/C30H36NO5S2.BrH/c1-3-35-28(32)15-12-21-8-10-22(11-9-21)20-31(2)23-13-14-24(31)19-25(18-23)36-29(33)30(34,26-6-4-16-37-26)27-7-5-17-38-27;/h4-11,16-17,23-25,34H,3,12-15,18-20H2,1-2H3;1H/q+1;/p-1/t23-,24+,25?,31?;. The van der Waals surface area contributed by atoms with Gasteiger partial charge < -0.3 is 36.0 Å². The Bertz CT molecular complexity index is 1180. The van der Waals surface area contributed by atoms with E-state index in [4.69, 9.17) is 9.47 Å². The zero-order valence-electron chi connectivity index (χ0n) is 22.4. The number of rotatable bonds is 10. The summed E-state index contributed by atoms with van der Waals surface area (Å²) >= 11 is 2.74. The van der Waals surface area contributed by atoms with Crippen molar-refractivity contribution in [3.63, 3.8) is 0 Å². The summed E-state index contributed by atoms with van der Waals surface area (Å²) in [5.74, 6) is -0.722. The highest BCUT2D eigenvalue weighted by molar-refractivity contribution is 7.12. The maximum Gasteiger partial charge on any atom is 0.349 e. The molecule has 0 amide bonds. The van der Waals surface area contributed by atoms with E-state index in [2.05, 4.69) is 31.3 Å². The number of benzene rings is 1. The minimum atomic E-state index is -1.76. The third-order valence-electron chi connectivity index (χ3n) is 8.37. The topological polar surface area (TPSA) is 72.8 Å². The first kappa shape index (κ1) is 29.9. The van der Waals surface area contributed by atoms with Crippen LogP contribution >= 0.6 is 22.7 Å². The maximum atomic E-state index is 13.5. The molecule has 6 nitrogen and oxygen atoms in total. The van der Waals surface area contributed by atoms with Crippen LogP contribution in [0, 0.1) is 0 Å². The van der Waals surface area contributed by atoms with E-state index >= 15 is 0 Å². The Labute approximate surface area is 248 Å². The highest BCUT2D eigenvalue weighted by Gasteiger charge is 2.53. The summed E-state index contributed by atoms with van der Waals surface area (Å²) in [5.41, 5.74) is 0.665. The van der Waals surface area contributed by atoms with Crippen LogP contribution in [0.15, 0.2) is 59.3 Å². The van der Waals surface area contributed by atoms with Gasteiger partial charge in [0, 0.05) is 37.7 Å². The molecule has 3 aromatic rings. The molecule has 39 heavy (non-hydrogen) atoms. The number of hydrogen-bond donors (Lipinski definition) is 1. The van der Waals surface area contributed by atoms with Crippen molar-refractivity contribution in [2.45, 2.75) is 75.8 Å². The lowest BCUT2D eigenvalue weighted by Gasteiger charge is -2.47. The Morgan fingerprint density at radius 3 is 2.05 bits per heavy atom. The molecule has 5 rings (SSSR count). The average molecular weight is 635 g/mol. The Kier molecular flexibility index (Phi) is 9.70. The van der Waals surface area contributed by atoms with Crippen molar-refractivity contribution in [3.05, 3.63) is 80.2 Å². The summed E-state index contributed by atoms with van der Waals surface area (Å²) in [6.07, 6.45) is 4.75. The van der Waals surface area contributed by atoms with Gasteiger partial charge in [-0.05, 0) is 41.8 Å². The van der Waals surface area contributed by atoms with Crippen LogP contribution in [0.4, 0.5) is 0 Å². The number of esters is 2. The molecule has 9 heteroatoms. The molecule has 1 aromatic carbocycles. The number of carbonyl (C=O) groups is 2. The quantitative estimate of drug-likeness (QED) is 0.274. The summed E-state index contributed by atoms with van der Waals surface area (Å²) in [5, 5.41) is 15.4. The molecular formula is C30H36BrNO5S2. The molecule has 2 aliphatic heterocycles. The van der Waals surface area contributed by atoms with Crippen molar-refractivity contribution in [2.24, 2.45) is 0 Å². The molecule has 2 fully saturated rings. The Morgan fingerprint density at radius 2 is 1.54 bits per heavy atom. The van der Waals surface area contributed by atoms with Crippen molar-refractivity contribution in [3.8, 4) is 0 Å². The fourth-order valence-corrected chi connectivity index (χ4v) is 7.97. The SMILES string of the molecule is CCOC(=O)CCc1ccc(C[N+]2(C)[C@@H]3CC[C@H]2CC(OC(=O)C(O)(c2cccs2)c2cccs2)C3)cc1.[Br-]. The van der Waals surface area contributed by atoms with Crippen molar-refractivity contribution < 1.29 is 45.6 Å². The van der Waals surface area contributed by atoms with E-state index in [0.717, 1.165) is 42.3 Å². The first-order chi connectivity index (χ1) is 18.3. The number of quaternary nitrogens is 1. The minimum Gasteiger partial charge on any atom is -1.00 e. The molecule has 0 spiro atoms. The van der Waals surface area contributed by atoms with Crippen LogP contribution in [0.3, 0.4) is 0 Å². The van der Waals surface area contributed by atoms with Gasteiger partial charge >= 0.3 is 11.9 Å². The number of aryl methyl sites for hydroxylation is 1. The van der Waals surface area contributed by atoms with Crippen LogP contribution in [-0.4, -0.2) is 53.4 Å². The number of ether oxygens (including phenoxy) is 2. The van der Waals surface area contributed by atoms with Crippen LogP contribution in [0.1, 0.15) is 59.9 Å². The minimum absolute atomic E-state index is 0. The van der Waals surface area contributed by atoms with E-state index in [1.807, 2.05) is 29.8 Å². The van der Waals surface area contributed by atoms with Gasteiger partial charge in [-0.1, -0.05) is 36.4 Å². The van der Waals surface area contributed by atoms with Gasteiger partial charge in [0.2, 0.25) is 5.60 Å². The summed E-state index contributed by atoms with van der Waals surface area (Å²) in [7, 11) is 2.34. The Morgan fingerprint density at radius 1 is 0.974 bits per heavy atom. The number of fused-ring (bicyclic) bond motifs is 2. The predicted octanol–water partition coefficient (Wildman–Crippen LogP) is 2.43. The van der Waals surface area contributed by atoms with Gasteiger partial charge in [-0.25, -0.2) is 4.79 Å². The van der Waals surface area contributed by atoms with Crippen molar-refractivity contribution in [2.75, 3.05) is 13.7 Å². The highest BCUT2D eigenvalue weighted by Crippen LogP contribution is 2.45. The molecule has 0 aliphatic carbocycles. The van der Waals surface area contributed by atoms with Gasteiger partial charge in [0.1, 0.15) is 12.6 Å². The molecule has 4 atom stereocenters. The molecule has 2 aromatic heterocycles. The third kappa shape index (κ3) is 6.17. The predicted molar refractivity (Wildman–Crippen MR) is 149 cm³/mol. The molecule has 2 saturated heterocycles. The van der Waals surface area contributed by atoms with E-state index < -0.39 is 11.6 Å². The van der Waals surface area contributed by atoms with E-state index in [0.29, 0.717) is 41.3 Å². The van der Waals surface area contributed by atoms with Crippen LogP contribution in [0.2, 0.25) is 0 Å². The van der Waals surface area contributed by atoms with Gasteiger partial charge in [0.25, 0.3) is 0 Å². The number of thiophene rings is 2. The fourth-order valence-electron chi connectivity index (χ4n) is 6.26. The zero-order chi connectivity index (χ0) is 26.8. The molecule has 4 heterocycles. The Hall–Kier alpha value is -2.04. The van der Waals surface area contributed by atoms with Crippen LogP contribution in [-0.2, 0) is 37.6 Å². The largest absolute Gasteiger partial charge is 1.00 e. The van der Waals surface area contributed by atoms with Gasteiger partial charge in [-0.3, -0.25) is 4.79 Å². The lowest BCUT2D eigenvalue weighted by molar-refractivity contribution is -0.961. The number of aliphatic hydroxyl groups is 1. The molecule has 0 saturated carbocycles. The van der Waals surface area contributed by atoms with E-state index in [9.17, 15) is 14.7 Å². The second kappa shape index (κ2) is 12.6. The van der Waals surface area contributed by atoms with Crippen molar-refractivity contribution in [1.29, 1.82) is 0 Å². The molecule has 1 N–H and O–H groups in total. The van der Waals surface area contributed by atoms with E-state index in [-0.39, 0.29) is 29.1 Å². The first-order valence-electron chi connectivity index (χ1n) is 13.4. The van der Waals surface area contributed by atoms with Crippen LogP contribution in [0.5, 0.6) is 0 Å². The number of piperidine rings is 1. The lowest BCUT2D eigenvalue weighted by atomic mass is 9.94. The average Bonchev–Trinajstić information content (AvgIpc) is 3.66. The van der Waals surface area contributed by atoms with Crippen LogP contribution in [0.25, 0.3) is 0 Å². The Balaban J connectivity index is 0.00000353. The van der Waals surface area contributed by atoms with Crippen LogP contribution < -0.4 is 17.0 Å². The number of halogens is 1. The fraction of sp³-hybridized carbons (Fsp3) is 0.467. The van der Waals surface area contributed by atoms with E-state index in [1.54, 1.807) is 12.1 Å². The summed E-state index contributed by atoms with van der Waals surface area (Å²) in [6, 6.07) is 16.7. The smallest absolute Gasteiger partial charge is 0.349 e.